The van der Waals surface area contributed by atoms with Gasteiger partial charge in [-0.2, -0.15) is 0 Å². The van der Waals surface area contributed by atoms with Crippen LogP contribution in [0.25, 0.3) is 0 Å². The van der Waals surface area contributed by atoms with E-state index in [0.29, 0.717) is 24.5 Å². The van der Waals surface area contributed by atoms with Crippen molar-refractivity contribution >= 4 is 5.91 Å². The molecule has 1 N–H and O–H groups in total. The number of methoxy groups -OCH3 is 1. The molecule has 1 saturated heterocycles. The molecule has 1 atom stereocenters. The molecule has 0 aliphatic carbocycles. The number of likely N-dealkylation sites (tertiary alicyclic amines) is 1. The van der Waals surface area contributed by atoms with Crippen molar-refractivity contribution in [2.75, 3.05) is 20.2 Å². The number of benzene rings is 4. The molecule has 206 valence electrons. The van der Waals surface area contributed by atoms with Crippen LogP contribution in [0, 0.1) is 6.92 Å². The van der Waals surface area contributed by atoms with Gasteiger partial charge >= 0.3 is 0 Å². The lowest BCUT2D eigenvalue weighted by Crippen LogP contribution is -2.37. The second kappa shape index (κ2) is 13.2. The number of hydrogen-bond acceptors (Lipinski definition) is 5. The molecule has 5 rings (SSSR count). The van der Waals surface area contributed by atoms with E-state index in [-0.39, 0.29) is 11.9 Å². The third-order valence-electron chi connectivity index (χ3n) is 7.05. The van der Waals surface area contributed by atoms with E-state index in [9.17, 15) is 4.79 Å². The number of ether oxygens (including phenoxy) is 3. The summed E-state index contributed by atoms with van der Waals surface area (Å²) < 4.78 is 17.4. The number of aryl methyl sites for hydroxylation is 1. The Kier molecular flexibility index (Phi) is 8.99. The lowest BCUT2D eigenvalue weighted by molar-refractivity contribution is -0.121. The highest BCUT2D eigenvalue weighted by molar-refractivity contribution is 5.79. The van der Waals surface area contributed by atoms with Crippen LogP contribution in [0.15, 0.2) is 97.1 Å². The predicted molar refractivity (Wildman–Crippen MR) is 157 cm³/mol. The highest BCUT2D eigenvalue weighted by atomic mass is 16.5. The SMILES string of the molecule is COc1ccccc1Oc1cccc(CN2CCC(NC(=O)Cc3ccc(OCc4ccc(C)cc4)cc3)C2)c1. The van der Waals surface area contributed by atoms with Crippen molar-refractivity contribution in [1.82, 2.24) is 10.2 Å². The smallest absolute Gasteiger partial charge is 0.224 e. The molecule has 4 aromatic rings. The van der Waals surface area contributed by atoms with Crippen LogP contribution in [0.3, 0.4) is 0 Å². The number of nitrogens with one attached hydrogen (secondary N) is 1. The van der Waals surface area contributed by atoms with Gasteiger partial charge in [0.15, 0.2) is 11.5 Å². The van der Waals surface area contributed by atoms with E-state index in [1.54, 1.807) is 7.11 Å². The molecule has 0 radical (unpaired) electrons. The van der Waals surface area contributed by atoms with Gasteiger partial charge in [-0.1, -0.05) is 66.2 Å². The summed E-state index contributed by atoms with van der Waals surface area (Å²) in [5, 5.41) is 3.22. The van der Waals surface area contributed by atoms with Gasteiger partial charge < -0.3 is 19.5 Å². The van der Waals surface area contributed by atoms with Crippen molar-refractivity contribution in [2.24, 2.45) is 0 Å². The Labute approximate surface area is 236 Å². The zero-order valence-corrected chi connectivity index (χ0v) is 23.1. The molecule has 1 heterocycles. The molecule has 0 spiro atoms. The maximum atomic E-state index is 12.7. The van der Waals surface area contributed by atoms with Crippen LogP contribution in [-0.2, 0) is 24.4 Å². The second-order valence-corrected chi connectivity index (χ2v) is 10.3. The molecule has 6 nitrogen and oxygen atoms in total. The van der Waals surface area contributed by atoms with Crippen LogP contribution in [0.4, 0.5) is 0 Å². The molecule has 6 heteroatoms. The molecule has 1 unspecified atom stereocenters. The zero-order chi connectivity index (χ0) is 27.7. The van der Waals surface area contributed by atoms with Gasteiger partial charge in [0, 0.05) is 25.7 Å². The highest BCUT2D eigenvalue weighted by Crippen LogP contribution is 2.31. The van der Waals surface area contributed by atoms with E-state index >= 15 is 0 Å². The number of para-hydroxylation sites is 2. The fourth-order valence-electron chi connectivity index (χ4n) is 4.91. The summed E-state index contributed by atoms with van der Waals surface area (Å²) in [7, 11) is 1.64. The Morgan fingerprint density at radius 2 is 1.60 bits per heavy atom. The van der Waals surface area contributed by atoms with Gasteiger partial charge in [0.05, 0.1) is 13.5 Å². The Morgan fingerprint density at radius 3 is 2.38 bits per heavy atom. The van der Waals surface area contributed by atoms with Gasteiger partial charge in [0.2, 0.25) is 5.91 Å². The predicted octanol–water partition coefficient (Wildman–Crippen LogP) is 6.31. The molecule has 0 bridgehead atoms. The Morgan fingerprint density at radius 1 is 0.850 bits per heavy atom. The van der Waals surface area contributed by atoms with E-state index in [0.717, 1.165) is 48.7 Å². The van der Waals surface area contributed by atoms with Crippen LogP contribution in [0.1, 0.15) is 28.7 Å². The van der Waals surface area contributed by atoms with Crippen LogP contribution >= 0.6 is 0 Å². The fraction of sp³-hybridized carbons (Fsp3) is 0.265. The number of hydrogen-bond donors (Lipinski definition) is 1. The van der Waals surface area contributed by atoms with Crippen molar-refractivity contribution in [3.8, 4) is 23.0 Å². The molecule has 0 aromatic heterocycles. The molecule has 1 aliphatic heterocycles. The number of amides is 1. The van der Waals surface area contributed by atoms with E-state index < -0.39 is 0 Å². The zero-order valence-electron chi connectivity index (χ0n) is 23.1. The second-order valence-electron chi connectivity index (χ2n) is 10.3. The van der Waals surface area contributed by atoms with Crippen molar-refractivity contribution in [1.29, 1.82) is 0 Å². The Bertz CT molecular complexity index is 1400. The van der Waals surface area contributed by atoms with Gasteiger partial charge in [-0.05, 0) is 66.4 Å². The molecular weight excluding hydrogens is 500 g/mol. The largest absolute Gasteiger partial charge is 0.493 e. The molecule has 1 fully saturated rings. The van der Waals surface area contributed by atoms with E-state index in [4.69, 9.17) is 14.2 Å². The maximum Gasteiger partial charge on any atom is 0.224 e. The van der Waals surface area contributed by atoms with Crippen LogP contribution in [-0.4, -0.2) is 37.0 Å². The van der Waals surface area contributed by atoms with E-state index in [2.05, 4.69) is 53.5 Å². The monoisotopic (exact) mass is 536 g/mol. The third kappa shape index (κ3) is 7.64. The first-order valence-corrected chi connectivity index (χ1v) is 13.7. The third-order valence-corrected chi connectivity index (χ3v) is 7.05. The molecule has 4 aromatic carbocycles. The van der Waals surface area contributed by atoms with Gasteiger partial charge in [-0.3, -0.25) is 9.69 Å². The Balaban J connectivity index is 1.06. The molecule has 1 aliphatic rings. The van der Waals surface area contributed by atoms with Gasteiger partial charge in [0.1, 0.15) is 18.1 Å². The summed E-state index contributed by atoms with van der Waals surface area (Å²) in [6.07, 6.45) is 1.30. The minimum absolute atomic E-state index is 0.0485. The first kappa shape index (κ1) is 27.3. The van der Waals surface area contributed by atoms with Gasteiger partial charge in [-0.25, -0.2) is 0 Å². The van der Waals surface area contributed by atoms with Gasteiger partial charge in [0.25, 0.3) is 0 Å². The highest BCUT2D eigenvalue weighted by Gasteiger charge is 2.24. The molecular formula is C34H36N2O4. The molecule has 0 saturated carbocycles. The summed E-state index contributed by atoms with van der Waals surface area (Å²) in [6.45, 7) is 5.17. The number of carbonyl (C=O) groups excluding carboxylic acids is 1. The van der Waals surface area contributed by atoms with Crippen molar-refractivity contribution in [2.45, 2.75) is 39.0 Å². The van der Waals surface area contributed by atoms with Crippen molar-refractivity contribution < 1.29 is 19.0 Å². The summed E-state index contributed by atoms with van der Waals surface area (Å²) in [5.74, 6) is 3.02. The van der Waals surface area contributed by atoms with Crippen LogP contribution in [0.5, 0.6) is 23.0 Å². The quantitative estimate of drug-likeness (QED) is 0.244. The average Bonchev–Trinajstić information content (AvgIpc) is 3.40. The van der Waals surface area contributed by atoms with Gasteiger partial charge in [-0.15, -0.1) is 0 Å². The summed E-state index contributed by atoms with van der Waals surface area (Å²) in [5.41, 5.74) is 4.51. The summed E-state index contributed by atoms with van der Waals surface area (Å²) in [4.78, 5) is 15.1. The molecule has 40 heavy (non-hydrogen) atoms. The first-order valence-electron chi connectivity index (χ1n) is 13.7. The lowest BCUT2D eigenvalue weighted by Gasteiger charge is -2.17. The number of carbonyl (C=O) groups is 1. The Hall–Kier alpha value is -4.29. The topological polar surface area (TPSA) is 60.0 Å². The minimum atomic E-state index is 0.0485. The minimum Gasteiger partial charge on any atom is -0.493 e. The standard InChI is InChI=1S/C34H36N2O4/c1-25-10-12-27(13-11-25)24-39-30-16-14-26(15-17-30)21-34(37)35-29-18-19-36(23-29)22-28-6-5-7-31(20-28)40-33-9-4-3-8-32(33)38-2/h3-17,20,29H,18-19,21-24H2,1-2H3,(H,35,37). The van der Waals surface area contributed by atoms with Crippen LogP contribution < -0.4 is 19.5 Å². The summed E-state index contributed by atoms with van der Waals surface area (Å²) in [6, 6.07) is 32.0. The van der Waals surface area contributed by atoms with E-state index in [1.165, 1.54) is 11.1 Å². The van der Waals surface area contributed by atoms with Crippen molar-refractivity contribution in [3.63, 3.8) is 0 Å². The average molecular weight is 537 g/mol. The first-order chi connectivity index (χ1) is 19.5. The normalized spacial score (nSPS) is 15.0. The number of rotatable bonds is 11. The molecule has 1 amide bonds. The number of nitrogens with zero attached hydrogens (tertiary/aromatic N) is 1. The maximum absolute atomic E-state index is 12.7. The van der Waals surface area contributed by atoms with Crippen molar-refractivity contribution in [3.05, 3.63) is 119 Å². The summed E-state index contributed by atoms with van der Waals surface area (Å²) >= 11 is 0. The fourth-order valence-corrected chi connectivity index (χ4v) is 4.91. The van der Waals surface area contributed by atoms with Crippen LogP contribution in [0.2, 0.25) is 0 Å². The van der Waals surface area contributed by atoms with E-state index in [1.807, 2.05) is 60.7 Å². The lowest BCUT2D eigenvalue weighted by atomic mass is 10.1.